The van der Waals surface area contributed by atoms with Gasteiger partial charge in [0.1, 0.15) is 18.4 Å². The number of nitrogens with one attached hydrogen (secondary N) is 1. The molecule has 24 heavy (non-hydrogen) atoms. The quantitative estimate of drug-likeness (QED) is 0.478. The van der Waals surface area contributed by atoms with Crippen LogP contribution in [-0.4, -0.2) is 12.6 Å². The number of benzene rings is 2. The Labute approximate surface area is 141 Å². The highest BCUT2D eigenvalue weighted by atomic mass is 16.5. The van der Waals surface area contributed by atoms with Crippen molar-refractivity contribution >= 4 is 11.7 Å². The normalized spacial score (nSPS) is 10.6. The summed E-state index contributed by atoms with van der Waals surface area (Å²) in [5.74, 6) is 0.0378. The van der Waals surface area contributed by atoms with E-state index < -0.39 is 5.97 Å². The van der Waals surface area contributed by atoms with E-state index >= 15 is 0 Å². The molecule has 0 aliphatic rings. The van der Waals surface area contributed by atoms with E-state index in [9.17, 15) is 4.79 Å². The van der Waals surface area contributed by atoms with Gasteiger partial charge in [0.05, 0.1) is 6.61 Å². The van der Waals surface area contributed by atoms with Crippen LogP contribution in [0.2, 0.25) is 0 Å². The molecule has 0 spiro atoms. The van der Waals surface area contributed by atoms with Crippen molar-refractivity contribution in [1.82, 2.24) is 0 Å². The summed E-state index contributed by atoms with van der Waals surface area (Å²) in [5, 5.41) is 11.9. The first-order valence-corrected chi connectivity index (χ1v) is 7.53. The zero-order chi connectivity index (χ0) is 17.2. The Balaban J connectivity index is 1.99. The highest BCUT2D eigenvalue weighted by molar-refractivity contribution is 5.93. The summed E-state index contributed by atoms with van der Waals surface area (Å²) in [6.07, 6.45) is 1.33. The van der Waals surface area contributed by atoms with Crippen LogP contribution in [0.1, 0.15) is 12.5 Å². The van der Waals surface area contributed by atoms with Crippen molar-refractivity contribution in [2.24, 2.45) is 0 Å². The topological polar surface area (TPSA) is 71.4 Å². The summed E-state index contributed by atoms with van der Waals surface area (Å²) in [4.78, 5) is 11.5. The molecule has 5 nitrogen and oxygen atoms in total. The van der Waals surface area contributed by atoms with E-state index in [1.807, 2.05) is 54.6 Å². The molecule has 0 atom stereocenters. The van der Waals surface area contributed by atoms with Gasteiger partial charge in [0.2, 0.25) is 0 Å². The third kappa shape index (κ3) is 5.18. The number of hydrogen-bond donors (Lipinski definition) is 1. The molecular formula is C19H18N2O3. The minimum atomic E-state index is -0.649. The molecule has 0 aromatic heterocycles. The first kappa shape index (κ1) is 17.1. The van der Waals surface area contributed by atoms with Gasteiger partial charge in [-0.05, 0) is 24.6 Å². The Morgan fingerprint density at radius 1 is 1.21 bits per heavy atom. The van der Waals surface area contributed by atoms with E-state index in [2.05, 4.69) is 5.32 Å². The fourth-order valence-electron chi connectivity index (χ4n) is 1.92. The predicted octanol–water partition coefficient (Wildman–Crippen LogP) is 3.65. The SMILES string of the molecule is CCOC(=O)/C(C#N)=C\Nc1cccc(OCc2ccccc2)c1. The molecule has 0 amide bonds. The van der Waals surface area contributed by atoms with E-state index in [0.29, 0.717) is 18.0 Å². The van der Waals surface area contributed by atoms with Crippen molar-refractivity contribution in [3.05, 3.63) is 71.9 Å². The van der Waals surface area contributed by atoms with E-state index in [-0.39, 0.29) is 12.2 Å². The van der Waals surface area contributed by atoms with Crippen LogP contribution in [0, 0.1) is 11.3 Å². The summed E-state index contributed by atoms with van der Waals surface area (Å²) in [5.41, 5.74) is 1.69. The lowest BCUT2D eigenvalue weighted by molar-refractivity contribution is -0.138. The number of hydrogen-bond acceptors (Lipinski definition) is 5. The maximum atomic E-state index is 11.5. The summed E-state index contributed by atoms with van der Waals surface area (Å²) in [6, 6.07) is 18.9. The second-order valence-electron chi connectivity index (χ2n) is 4.84. The molecule has 0 bridgehead atoms. The first-order valence-electron chi connectivity index (χ1n) is 7.53. The number of esters is 1. The Kier molecular flexibility index (Phi) is 6.42. The Morgan fingerprint density at radius 2 is 2.00 bits per heavy atom. The van der Waals surface area contributed by atoms with Crippen molar-refractivity contribution in [1.29, 1.82) is 5.26 Å². The number of nitrogens with zero attached hydrogens (tertiary/aromatic N) is 1. The Hall–Kier alpha value is -3.26. The number of ether oxygens (including phenoxy) is 2. The standard InChI is InChI=1S/C19H18N2O3/c1-2-23-19(22)16(12-20)13-21-17-9-6-10-18(11-17)24-14-15-7-4-3-5-8-15/h3-11,13,21H,2,14H2,1H3/b16-13-. The second-order valence-corrected chi connectivity index (χ2v) is 4.84. The molecule has 0 aliphatic carbocycles. The molecule has 2 aromatic rings. The van der Waals surface area contributed by atoms with Crippen molar-refractivity contribution in [2.75, 3.05) is 11.9 Å². The van der Waals surface area contributed by atoms with E-state index in [4.69, 9.17) is 14.7 Å². The van der Waals surface area contributed by atoms with Crippen LogP contribution in [0.4, 0.5) is 5.69 Å². The van der Waals surface area contributed by atoms with Gasteiger partial charge < -0.3 is 14.8 Å². The molecule has 0 saturated heterocycles. The summed E-state index contributed by atoms with van der Waals surface area (Å²) in [7, 11) is 0. The lowest BCUT2D eigenvalue weighted by Gasteiger charge is -2.08. The predicted molar refractivity (Wildman–Crippen MR) is 91.2 cm³/mol. The number of nitriles is 1. The highest BCUT2D eigenvalue weighted by Gasteiger charge is 2.09. The van der Waals surface area contributed by atoms with Crippen LogP contribution in [0.3, 0.4) is 0 Å². The van der Waals surface area contributed by atoms with Gasteiger partial charge in [-0.2, -0.15) is 5.26 Å². The van der Waals surface area contributed by atoms with Crippen molar-refractivity contribution in [3.63, 3.8) is 0 Å². The van der Waals surface area contributed by atoms with E-state index in [1.165, 1.54) is 6.20 Å². The van der Waals surface area contributed by atoms with Crippen LogP contribution < -0.4 is 10.1 Å². The minimum absolute atomic E-state index is 0.0903. The zero-order valence-electron chi connectivity index (χ0n) is 13.4. The van der Waals surface area contributed by atoms with Gasteiger partial charge in [-0.1, -0.05) is 36.4 Å². The fraction of sp³-hybridized carbons (Fsp3) is 0.158. The van der Waals surface area contributed by atoms with Crippen LogP contribution >= 0.6 is 0 Å². The molecule has 0 radical (unpaired) electrons. The fourth-order valence-corrected chi connectivity index (χ4v) is 1.92. The van der Waals surface area contributed by atoms with Crippen LogP contribution in [0.25, 0.3) is 0 Å². The van der Waals surface area contributed by atoms with Crippen molar-refractivity contribution in [2.45, 2.75) is 13.5 Å². The molecule has 0 aliphatic heterocycles. The monoisotopic (exact) mass is 322 g/mol. The minimum Gasteiger partial charge on any atom is -0.489 e. The van der Waals surface area contributed by atoms with Gasteiger partial charge in [-0.15, -0.1) is 0 Å². The second kappa shape index (κ2) is 9.01. The molecular weight excluding hydrogens is 304 g/mol. The maximum Gasteiger partial charge on any atom is 0.350 e. The number of carbonyl (C=O) groups is 1. The molecule has 1 N–H and O–H groups in total. The first-order chi connectivity index (χ1) is 11.7. The molecule has 5 heteroatoms. The summed E-state index contributed by atoms with van der Waals surface area (Å²) < 4.78 is 10.5. The smallest absolute Gasteiger partial charge is 0.350 e. The van der Waals surface area contributed by atoms with Crippen molar-refractivity contribution < 1.29 is 14.3 Å². The summed E-state index contributed by atoms with van der Waals surface area (Å²) in [6.45, 7) is 2.38. The highest BCUT2D eigenvalue weighted by Crippen LogP contribution is 2.19. The molecule has 2 rings (SSSR count). The Morgan fingerprint density at radius 3 is 2.71 bits per heavy atom. The molecule has 0 unspecified atom stereocenters. The molecule has 0 saturated carbocycles. The number of carbonyl (C=O) groups excluding carboxylic acids is 1. The molecule has 2 aromatic carbocycles. The van der Waals surface area contributed by atoms with Gasteiger partial charge >= 0.3 is 5.97 Å². The lowest BCUT2D eigenvalue weighted by Crippen LogP contribution is -2.07. The lowest BCUT2D eigenvalue weighted by atomic mass is 10.2. The maximum absolute atomic E-state index is 11.5. The average Bonchev–Trinajstić information content (AvgIpc) is 2.62. The van der Waals surface area contributed by atoms with Gasteiger partial charge in [0, 0.05) is 18.0 Å². The molecule has 122 valence electrons. The van der Waals surface area contributed by atoms with Crippen LogP contribution in [0.15, 0.2) is 66.4 Å². The van der Waals surface area contributed by atoms with Gasteiger partial charge in [0.25, 0.3) is 0 Å². The van der Waals surface area contributed by atoms with E-state index in [0.717, 1.165) is 5.56 Å². The third-order valence-electron chi connectivity index (χ3n) is 3.08. The average molecular weight is 322 g/mol. The van der Waals surface area contributed by atoms with E-state index in [1.54, 1.807) is 13.0 Å². The number of rotatable bonds is 7. The number of anilines is 1. The van der Waals surface area contributed by atoms with Gasteiger partial charge in [-0.3, -0.25) is 0 Å². The van der Waals surface area contributed by atoms with Gasteiger partial charge in [0.15, 0.2) is 5.57 Å². The summed E-state index contributed by atoms with van der Waals surface area (Å²) >= 11 is 0. The van der Waals surface area contributed by atoms with Crippen LogP contribution in [0.5, 0.6) is 5.75 Å². The largest absolute Gasteiger partial charge is 0.489 e. The third-order valence-corrected chi connectivity index (χ3v) is 3.08. The molecule has 0 fully saturated rings. The Bertz CT molecular complexity index is 749. The van der Waals surface area contributed by atoms with Crippen molar-refractivity contribution in [3.8, 4) is 11.8 Å². The zero-order valence-corrected chi connectivity index (χ0v) is 13.4. The van der Waals surface area contributed by atoms with Gasteiger partial charge in [-0.25, -0.2) is 4.79 Å². The molecule has 0 heterocycles. The van der Waals surface area contributed by atoms with Crippen LogP contribution in [-0.2, 0) is 16.1 Å².